The average molecular weight is 453 g/mol. The number of carbonyl (C=O) groups excluding carboxylic acids is 1. The maximum Gasteiger partial charge on any atom is 0.223 e. The minimum absolute atomic E-state index is 0.0637. The Morgan fingerprint density at radius 3 is 2.72 bits per heavy atom. The molecule has 2 aromatic carbocycles. The van der Waals surface area contributed by atoms with Gasteiger partial charge in [-0.2, -0.15) is 0 Å². The van der Waals surface area contributed by atoms with E-state index in [0.717, 1.165) is 48.4 Å². The van der Waals surface area contributed by atoms with E-state index in [0.29, 0.717) is 42.7 Å². The lowest BCUT2D eigenvalue weighted by Crippen LogP contribution is -2.30. The molecule has 2 aliphatic heterocycles. The van der Waals surface area contributed by atoms with Gasteiger partial charge >= 0.3 is 0 Å². The van der Waals surface area contributed by atoms with Crippen LogP contribution in [0.5, 0.6) is 11.5 Å². The molecule has 1 saturated heterocycles. The fourth-order valence-corrected chi connectivity index (χ4v) is 4.46. The number of hydrogen-bond acceptors (Lipinski definition) is 5. The van der Waals surface area contributed by atoms with Crippen LogP contribution in [-0.2, 0) is 11.2 Å². The second kappa shape index (κ2) is 9.25. The molecule has 0 spiro atoms. The number of hydrogen-bond donors (Lipinski definition) is 0. The molecule has 7 heteroatoms. The lowest BCUT2D eigenvalue weighted by Gasteiger charge is -2.25. The molecule has 32 heavy (non-hydrogen) atoms. The third-order valence-corrected chi connectivity index (χ3v) is 6.22. The first-order chi connectivity index (χ1) is 15.7. The molecule has 0 radical (unpaired) electrons. The van der Waals surface area contributed by atoms with Crippen molar-refractivity contribution in [1.82, 2.24) is 9.88 Å². The Balaban J connectivity index is 1.24. The molecule has 1 atom stereocenters. The molecule has 1 amide bonds. The number of benzene rings is 2. The van der Waals surface area contributed by atoms with Gasteiger partial charge < -0.3 is 18.8 Å². The number of amides is 1. The van der Waals surface area contributed by atoms with Crippen molar-refractivity contribution in [3.63, 3.8) is 0 Å². The number of likely N-dealkylation sites (tertiary alicyclic amines) is 1. The fourth-order valence-electron chi connectivity index (χ4n) is 4.33. The average Bonchev–Trinajstić information content (AvgIpc) is 3.43. The number of ether oxygens (including phenoxy) is 2. The highest BCUT2D eigenvalue weighted by molar-refractivity contribution is 6.30. The molecule has 5 rings (SSSR count). The van der Waals surface area contributed by atoms with Gasteiger partial charge in [0.05, 0.1) is 25.5 Å². The second-order valence-electron chi connectivity index (χ2n) is 8.13. The van der Waals surface area contributed by atoms with Crippen LogP contribution >= 0.6 is 11.6 Å². The van der Waals surface area contributed by atoms with Crippen LogP contribution < -0.4 is 9.47 Å². The number of halogens is 1. The zero-order chi connectivity index (χ0) is 21.9. The van der Waals surface area contributed by atoms with E-state index in [-0.39, 0.29) is 11.9 Å². The van der Waals surface area contributed by atoms with Gasteiger partial charge in [-0.1, -0.05) is 17.7 Å². The highest BCUT2D eigenvalue weighted by atomic mass is 35.5. The molecule has 2 aliphatic rings. The molecule has 3 heterocycles. The lowest BCUT2D eigenvalue weighted by molar-refractivity contribution is -0.132. The van der Waals surface area contributed by atoms with Crippen molar-refractivity contribution in [3.8, 4) is 22.8 Å². The van der Waals surface area contributed by atoms with Crippen molar-refractivity contribution < 1.29 is 18.7 Å². The summed E-state index contributed by atoms with van der Waals surface area (Å²) in [6.45, 7) is 2.08. The molecule has 0 N–H and O–H groups in total. The van der Waals surface area contributed by atoms with E-state index in [1.807, 2.05) is 41.3 Å². The van der Waals surface area contributed by atoms with Gasteiger partial charge in [0.15, 0.2) is 23.1 Å². The Hall–Kier alpha value is -2.99. The van der Waals surface area contributed by atoms with Gasteiger partial charge in [0.2, 0.25) is 5.91 Å². The van der Waals surface area contributed by atoms with E-state index in [1.165, 1.54) is 0 Å². The molecule has 1 unspecified atom stereocenters. The predicted octanol–water partition coefficient (Wildman–Crippen LogP) is 5.45. The first-order valence-electron chi connectivity index (χ1n) is 11.1. The molecular formula is C25H25ClN2O4. The monoisotopic (exact) mass is 452 g/mol. The normalized spacial score (nSPS) is 17.9. The van der Waals surface area contributed by atoms with E-state index in [4.69, 9.17) is 25.5 Å². The quantitative estimate of drug-likeness (QED) is 0.514. The third kappa shape index (κ3) is 4.46. The molecule has 1 aromatic heterocycles. The van der Waals surface area contributed by atoms with Crippen molar-refractivity contribution in [3.05, 3.63) is 65.1 Å². The highest BCUT2D eigenvalue weighted by Gasteiger charge is 2.30. The van der Waals surface area contributed by atoms with E-state index in [2.05, 4.69) is 11.1 Å². The van der Waals surface area contributed by atoms with Gasteiger partial charge in [-0.15, -0.1) is 0 Å². The van der Waals surface area contributed by atoms with Crippen LogP contribution in [0, 0.1) is 0 Å². The summed E-state index contributed by atoms with van der Waals surface area (Å²) in [5.74, 6) is 2.91. The minimum Gasteiger partial charge on any atom is -0.490 e. The number of oxazole rings is 1. The van der Waals surface area contributed by atoms with Gasteiger partial charge in [-0.05, 0) is 54.8 Å². The van der Waals surface area contributed by atoms with Crippen molar-refractivity contribution in [2.24, 2.45) is 0 Å². The summed E-state index contributed by atoms with van der Waals surface area (Å²) in [5.41, 5.74) is 2.01. The summed E-state index contributed by atoms with van der Waals surface area (Å²) < 4.78 is 17.4. The number of aryl methyl sites for hydroxylation is 1. The molecule has 0 aliphatic carbocycles. The van der Waals surface area contributed by atoms with Crippen molar-refractivity contribution >= 4 is 17.5 Å². The minimum atomic E-state index is 0.0637. The highest BCUT2D eigenvalue weighted by Crippen LogP contribution is 2.38. The van der Waals surface area contributed by atoms with E-state index in [1.54, 1.807) is 6.20 Å². The first kappa shape index (κ1) is 20.9. The molecule has 0 saturated carbocycles. The van der Waals surface area contributed by atoms with Crippen LogP contribution in [0.15, 0.2) is 53.1 Å². The summed E-state index contributed by atoms with van der Waals surface area (Å²) >= 11 is 5.95. The van der Waals surface area contributed by atoms with Crippen molar-refractivity contribution in [2.45, 2.75) is 38.1 Å². The van der Waals surface area contributed by atoms with Crippen LogP contribution in [0.4, 0.5) is 0 Å². The number of nitrogens with zero attached hydrogens (tertiary/aromatic N) is 2. The summed E-state index contributed by atoms with van der Waals surface area (Å²) in [6, 6.07) is 13.5. The second-order valence-corrected chi connectivity index (χ2v) is 8.56. The molecular weight excluding hydrogens is 428 g/mol. The third-order valence-electron chi connectivity index (χ3n) is 5.96. The van der Waals surface area contributed by atoms with Crippen LogP contribution in [0.3, 0.4) is 0 Å². The summed E-state index contributed by atoms with van der Waals surface area (Å²) in [7, 11) is 0. The van der Waals surface area contributed by atoms with Gasteiger partial charge in [-0.3, -0.25) is 4.79 Å². The van der Waals surface area contributed by atoms with Crippen LogP contribution in [0.1, 0.15) is 43.2 Å². The maximum atomic E-state index is 13.0. The molecule has 6 nitrogen and oxygen atoms in total. The van der Waals surface area contributed by atoms with Crippen LogP contribution in [0.2, 0.25) is 5.02 Å². The Labute approximate surface area is 192 Å². The Kier molecular flexibility index (Phi) is 6.04. The van der Waals surface area contributed by atoms with E-state index in [9.17, 15) is 4.79 Å². The SMILES string of the molecule is O=C(CCc1ncc(-c2ccc(Cl)cc2)o1)N1CCCC1c1ccc2c(c1)OCCCO2. The number of rotatable bonds is 5. The Bertz CT molecular complexity index is 1100. The summed E-state index contributed by atoms with van der Waals surface area (Å²) in [6.07, 6.45) is 5.34. The van der Waals surface area contributed by atoms with Gasteiger partial charge in [0, 0.05) is 36.4 Å². The van der Waals surface area contributed by atoms with E-state index >= 15 is 0 Å². The van der Waals surface area contributed by atoms with Crippen molar-refractivity contribution in [2.75, 3.05) is 19.8 Å². The Morgan fingerprint density at radius 1 is 1.06 bits per heavy atom. The van der Waals surface area contributed by atoms with Gasteiger partial charge in [0.1, 0.15) is 0 Å². The number of carbonyl (C=O) groups is 1. The lowest BCUT2D eigenvalue weighted by atomic mass is 10.0. The molecule has 0 bridgehead atoms. The van der Waals surface area contributed by atoms with Gasteiger partial charge in [-0.25, -0.2) is 4.98 Å². The van der Waals surface area contributed by atoms with E-state index < -0.39 is 0 Å². The zero-order valence-electron chi connectivity index (χ0n) is 17.8. The standard InChI is InChI=1S/C25H25ClN2O4/c26-19-7-4-17(5-8-19)23-16-27-24(32-23)10-11-25(29)28-12-1-3-20(28)18-6-9-21-22(15-18)31-14-2-13-30-21/h4-9,15-16,20H,1-3,10-14H2. The smallest absolute Gasteiger partial charge is 0.223 e. The van der Waals surface area contributed by atoms with Gasteiger partial charge in [0.25, 0.3) is 0 Å². The molecule has 166 valence electrons. The largest absolute Gasteiger partial charge is 0.490 e. The maximum absolute atomic E-state index is 13.0. The zero-order valence-corrected chi connectivity index (χ0v) is 18.5. The summed E-state index contributed by atoms with van der Waals surface area (Å²) in [5, 5.41) is 0.674. The van der Waals surface area contributed by atoms with Crippen LogP contribution in [-0.4, -0.2) is 35.5 Å². The first-order valence-corrected chi connectivity index (χ1v) is 11.4. The number of fused-ring (bicyclic) bond motifs is 1. The number of aromatic nitrogens is 1. The Morgan fingerprint density at radius 2 is 1.88 bits per heavy atom. The fraction of sp³-hybridized carbons (Fsp3) is 0.360. The van der Waals surface area contributed by atoms with Crippen LogP contribution in [0.25, 0.3) is 11.3 Å². The molecule has 1 fully saturated rings. The summed E-state index contributed by atoms with van der Waals surface area (Å²) in [4.78, 5) is 19.4. The molecule has 3 aromatic rings. The predicted molar refractivity (Wildman–Crippen MR) is 121 cm³/mol. The van der Waals surface area contributed by atoms with Crippen molar-refractivity contribution in [1.29, 1.82) is 0 Å². The topological polar surface area (TPSA) is 64.8 Å².